The molecule has 0 heterocycles. The maximum absolute atomic E-state index is 11.9. The number of hydrogen-bond acceptors (Lipinski definition) is 4. The predicted octanol–water partition coefficient (Wildman–Crippen LogP) is 4.34. The Bertz CT molecular complexity index is 403. The van der Waals surface area contributed by atoms with E-state index in [9.17, 15) is 4.79 Å². The van der Waals surface area contributed by atoms with Gasteiger partial charge in [-0.15, -0.1) is 0 Å². The number of rotatable bonds is 6. The van der Waals surface area contributed by atoms with Gasteiger partial charge in [-0.05, 0) is 58.6 Å². The van der Waals surface area contributed by atoms with E-state index in [-0.39, 0.29) is 6.09 Å². The van der Waals surface area contributed by atoms with Gasteiger partial charge in [-0.1, -0.05) is 25.7 Å². The fraction of sp³-hybridized carbons (Fsp3) is 0.947. The molecule has 0 spiro atoms. The van der Waals surface area contributed by atoms with Gasteiger partial charge in [0, 0.05) is 23.9 Å². The Kier molecular flexibility index (Phi) is 7.29. The Morgan fingerprint density at radius 3 is 2.46 bits per heavy atom. The SMILES string of the molecule is CSC1(CNC2CCCCC2CNC(=O)OC(C)(C)C)CCCC1. The normalized spacial score (nSPS) is 27.0. The van der Waals surface area contributed by atoms with Crippen molar-refractivity contribution in [2.45, 2.75) is 88.5 Å². The zero-order chi connectivity index (χ0) is 17.6. The van der Waals surface area contributed by atoms with Gasteiger partial charge in [-0.25, -0.2) is 4.79 Å². The molecule has 2 rings (SSSR count). The fourth-order valence-electron chi connectivity index (χ4n) is 4.04. The smallest absolute Gasteiger partial charge is 0.407 e. The summed E-state index contributed by atoms with van der Waals surface area (Å²) in [6, 6.07) is 0.526. The summed E-state index contributed by atoms with van der Waals surface area (Å²) in [5, 5.41) is 6.85. The Labute approximate surface area is 152 Å². The molecule has 140 valence electrons. The molecule has 0 bridgehead atoms. The van der Waals surface area contributed by atoms with Crippen LogP contribution >= 0.6 is 11.8 Å². The fourth-order valence-corrected chi connectivity index (χ4v) is 4.96. The lowest BCUT2D eigenvalue weighted by Gasteiger charge is -2.36. The molecule has 0 saturated heterocycles. The van der Waals surface area contributed by atoms with E-state index in [4.69, 9.17) is 4.74 Å². The molecule has 0 aromatic heterocycles. The average molecular weight is 357 g/mol. The van der Waals surface area contributed by atoms with Gasteiger partial charge in [0.15, 0.2) is 0 Å². The molecular weight excluding hydrogens is 320 g/mol. The van der Waals surface area contributed by atoms with Crippen molar-refractivity contribution in [3.63, 3.8) is 0 Å². The molecule has 5 heteroatoms. The van der Waals surface area contributed by atoms with Gasteiger partial charge in [0.2, 0.25) is 0 Å². The summed E-state index contributed by atoms with van der Waals surface area (Å²) in [5.41, 5.74) is -0.429. The van der Waals surface area contributed by atoms with Gasteiger partial charge >= 0.3 is 6.09 Å². The first-order valence-electron chi connectivity index (χ1n) is 9.59. The second-order valence-corrected chi connectivity index (χ2v) is 9.78. The highest BCUT2D eigenvalue weighted by atomic mass is 32.2. The second-order valence-electron chi connectivity index (χ2n) is 8.51. The van der Waals surface area contributed by atoms with Gasteiger partial charge in [0.05, 0.1) is 0 Å². The molecule has 2 atom stereocenters. The summed E-state index contributed by atoms with van der Waals surface area (Å²) >= 11 is 2.04. The number of ether oxygens (including phenoxy) is 1. The Hall–Kier alpha value is -0.420. The molecule has 2 fully saturated rings. The highest BCUT2D eigenvalue weighted by molar-refractivity contribution is 8.00. The van der Waals surface area contributed by atoms with Gasteiger partial charge in [0.25, 0.3) is 0 Å². The predicted molar refractivity (Wildman–Crippen MR) is 103 cm³/mol. The first kappa shape index (κ1) is 19.9. The van der Waals surface area contributed by atoms with E-state index >= 15 is 0 Å². The first-order valence-corrected chi connectivity index (χ1v) is 10.8. The summed E-state index contributed by atoms with van der Waals surface area (Å²) in [5.74, 6) is 0.520. The van der Waals surface area contributed by atoms with Gasteiger partial charge in [-0.3, -0.25) is 0 Å². The molecule has 0 aromatic rings. The van der Waals surface area contributed by atoms with Gasteiger partial charge < -0.3 is 15.4 Å². The molecule has 2 saturated carbocycles. The third-order valence-corrected chi connectivity index (χ3v) is 6.87. The summed E-state index contributed by atoms with van der Waals surface area (Å²) in [4.78, 5) is 11.9. The zero-order valence-corrected chi connectivity index (χ0v) is 16.8. The molecule has 2 unspecified atom stereocenters. The van der Waals surface area contributed by atoms with Crippen LogP contribution in [0.2, 0.25) is 0 Å². The molecule has 24 heavy (non-hydrogen) atoms. The van der Waals surface area contributed by atoms with Crippen molar-refractivity contribution in [3.8, 4) is 0 Å². The number of carbonyl (C=O) groups is 1. The minimum Gasteiger partial charge on any atom is -0.444 e. The zero-order valence-electron chi connectivity index (χ0n) is 16.0. The topological polar surface area (TPSA) is 50.4 Å². The number of nitrogens with one attached hydrogen (secondary N) is 2. The molecule has 2 aliphatic rings. The summed E-state index contributed by atoms with van der Waals surface area (Å²) in [6.45, 7) is 7.55. The van der Waals surface area contributed by atoms with Crippen LogP contribution in [-0.4, -0.2) is 41.8 Å². The molecule has 1 amide bonds. The van der Waals surface area contributed by atoms with Crippen LogP contribution in [0.25, 0.3) is 0 Å². The lowest BCUT2D eigenvalue weighted by molar-refractivity contribution is 0.0510. The third kappa shape index (κ3) is 6.14. The van der Waals surface area contributed by atoms with Crippen molar-refractivity contribution >= 4 is 17.9 Å². The number of thioether (sulfide) groups is 1. The van der Waals surface area contributed by atoms with Crippen molar-refractivity contribution in [3.05, 3.63) is 0 Å². The maximum atomic E-state index is 11.9. The number of hydrogen-bond donors (Lipinski definition) is 2. The first-order chi connectivity index (χ1) is 11.3. The maximum Gasteiger partial charge on any atom is 0.407 e. The van der Waals surface area contributed by atoms with Crippen molar-refractivity contribution < 1.29 is 9.53 Å². The van der Waals surface area contributed by atoms with Gasteiger partial charge in [-0.2, -0.15) is 11.8 Å². The van der Waals surface area contributed by atoms with Crippen LogP contribution in [0.1, 0.15) is 72.1 Å². The van der Waals surface area contributed by atoms with E-state index in [2.05, 4.69) is 16.9 Å². The van der Waals surface area contributed by atoms with Gasteiger partial charge in [0.1, 0.15) is 5.60 Å². The molecule has 4 nitrogen and oxygen atoms in total. The third-order valence-electron chi connectivity index (χ3n) is 5.45. The molecule has 0 aliphatic heterocycles. The molecule has 0 radical (unpaired) electrons. The highest BCUT2D eigenvalue weighted by Gasteiger charge is 2.35. The van der Waals surface area contributed by atoms with E-state index in [0.29, 0.717) is 16.7 Å². The van der Waals surface area contributed by atoms with Crippen LogP contribution < -0.4 is 10.6 Å². The average Bonchev–Trinajstić information content (AvgIpc) is 2.99. The van der Waals surface area contributed by atoms with E-state index in [1.165, 1.54) is 51.4 Å². The lowest BCUT2D eigenvalue weighted by atomic mass is 9.84. The van der Waals surface area contributed by atoms with Crippen molar-refractivity contribution in [1.82, 2.24) is 10.6 Å². The molecule has 2 aliphatic carbocycles. The van der Waals surface area contributed by atoms with Crippen LogP contribution in [0.15, 0.2) is 0 Å². The van der Waals surface area contributed by atoms with E-state index in [1.54, 1.807) is 0 Å². The number of carbonyl (C=O) groups excluding carboxylic acids is 1. The van der Waals surface area contributed by atoms with E-state index < -0.39 is 5.60 Å². The number of alkyl carbamates (subject to hydrolysis) is 1. The van der Waals surface area contributed by atoms with Crippen molar-refractivity contribution in [2.24, 2.45) is 5.92 Å². The van der Waals surface area contributed by atoms with Crippen molar-refractivity contribution in [1.29, 1.82) is 0 Å². The minimum atomic E-state index is -0.429. The van der Waals surface area contributed by atoms with Crippen LogP contribution in [0.5, 0.6) is 0 Å². The van der Waals surface area contributed by atoms with Crippen LogP contribution in [-0.2, 0) is 4.74 Å². The quantitative estimate of drug-likeness (QED) is 0.743. The Morgan fingerprint density at radius 1 is 1.17 bits per heavy atom. The molecule has 2 N–H and O–H groups in total. The highest BCUT2D eigenvalue weighted by Crippen LogP contribution is 2.40. The van der Waals surface area contributed by atoms with E-state index in [1.807, 2.05) is 32.5 Å². The Morgan fingerprint density at radius 2 is 1.83 bits per heavy atom. The largest absolute Gasteiger partial charge is 0.444 e. The molecular formula is C19H36N2O2S. The monoisotopic (exact) mass is 356 g/mol. The second kappa shape index (κ2) is 8.79. The number of amides is 1. The minimum absolute atomic E-state index is 0.289. The van der Waals surface area contributed by atoms with Crippen LogP contribution in [0.4, 0.5) is 4.79 Å². The lowest BCUT2D eigenvalue weighted by Crippen LogP contribution is -2.48. The standard InChI is InChI=1S/C19H36N2O2S/c1-18(2,3)23-17(22)20-13-15-9-5-6-10-16(15)21-14-19(24-4)11-7-8-12-19/h15-16,21H,5-14H2,1-4H3,(H,20,22). The Balaban J connectivity index is 1.80. The van der Waals surface area contributed by atoms with Crippen LogP contribution in [0.3, 0.4) is 0 Å². The van der Waals surface area contributed by atoms with Crippen LogP contribution in [0, 0.1) is 5.92 Å². The van der Waals surface area contributed by atoms with Crippen molar-refractivity contribution in [2.75, 3.05) is 19.3 Å². The summed E-state index contributed by atoms with van der Waals surface area (Å²) in [7, 11) is 0. The molecule has 0 aromatic carbocycles. The summed E-state index contributed by atoms with van der Waals surface area (Å²) < 4.78 is 5.81. The summed E-state index contributed by atoms with van der Waals surface area (Å²) in [6.07, 6.45) is 12.4. The van der Waals surface area contributed by atoms with E-state index in [0.717, 1.165) is 13.1 Å².